The van der Waals surface area contributed by atoms with Crippen molar-refractivity contribution in [1.82, 2.24) is 10.6 Å². The Hall–Kier alpha value is -1.67. The maximum Gasteiger partial charge on any atom is 0.243 e. The van der Waals surface area contributed by atoms with E-state index in [-0.39, 0.29) is 36.4 Å². The Balaban J connectivity index is 0.00000841. The van der Waals surface area contributed by atoms with Crippen LogP contribution in [0.25, 0.3) is 0 Å². The van der Waals surface area contributed by atoms with Gasteiger partial charge in [0.2, 0.25) is 11.8 Å². The molecular weight excluding hydrogens is 427 g/mol. The molecule has 0 aliphatic heterocycles. The zero-order valence-electron chi connectivity index (χ0n) is 17.6. The minimum atomic E-state index is -0.852. The molecule has 0 spiro atoms. The average molecular weight is 461 g/mol. The predicted molar refractivity (Wildman–Crippen MR) is 123 cm³/mol. The number of nitrogens with one attached hydrogen (secondary N) is 2. The van der Waals surface area contributed by atoms with Gasteiger partial charge in [-0.3, -0.25) is 14.4 Å². The SMILES string of the molecule is CC(C)[C@@H](N)C(=O)N[C@@H](Cc1ccccc1)C(=O)N[C@@H](CCCCN)C(=O)CCl.Cl. The Morgan fingerprint density at radius 2 is 1.60 bits per heavy atom. The van der Waals surface area contributed by atoms with Crippen molar-refractivity contribution in [1.29, 1.82) is 0 Å². The number of hydrogen-bond acceptors (Lipinski definition) is 5. The first-order valence-corrected chi connectivity index (χ1v) is 10.5. The maximum absolute atomic E-state index is 13.0. The molecule has 1 aromatic carbocycles. The summed E-state index contributed by atoms with van der Waals surface area (Å²) in [7, 11) is 0. The monoisotopic (exact) mass is 460 g/mol. The van der Waals surface area contributed by atoms with Crippen LogP contribution in [0.2, 0.25) is 0 Å². The van der Waals surface area contributed by atoms with E-state index in [1.54, 1.807) is 0 Å². The number of amides is 2. The van der Waals surface area contributed by atoms with E-state index in [0.29, 0.717) is 19.4 Å². The molecule has 3 atom stereocenters. The third kappa shape index (κ3) is 9.89. The zero-order chi connectivity index (χ0) is 21.8. The van der Waals surface area contributed by atoms with Crippen LogP contribution < -0.4 is 22.1 Å². The van der Waals surface area contributed by atoms with E-state index in [2.05, 4.69) is 10.6 Å². The highest BCUT2D eigenvalue weighted by Crippen LogP contribution is 2.08. The summed E-state index contributed by atoms with van der Waals surface area (Å²) in [5.74, 6) is -1.37. The molecule has 6 N–H and O–H groups in total. The van der Waals surface area contributed by atoms with Crippen molar-refractivity contribution in [3.8, 4) is 0 Å². The highest BCUT2D eigenvalue weighted by molar-refractivity contribution is 6.28. The third-order valence-corrected chi connectivity index (χ3v) is 4.98. The number of rotatable bonds is 13. The van der Waals surface area contributed by atoms with Crippen molar-refractivity contribution in [2.45, 2.75) is 57.7 Å². The van der Waals surface area contributed by atoms with Crippen molar-refractivity contribution >= 4 is 41.6 Å². The molecule has 0 aliphatic carbocycles. The molecule has 1 aromatic rings. The van der Waals surface area contributed by atoms with E-state index in [1.807, 2.05) is 44.2 Å². The summed E-state index contributed by atoms with van der Waals surface area (Å²) in [5.41, 5.74) is 12.3. The highest BCUT2D eigenvalue weighted by Gasteiger charge is 2.28. The first kappa shape index (κ1) is 28.3. The van der Waals surface area contributed by atoms with Crippen LogP contribution in [0.5, 0.6) is 0 Å². The summed E-state index contributed by atoms with van der Waals surface area (Å²) in [4.78, 5) is 37.6. The van der Waals surface area contributed by atoms with E-state index in [0.717, 1.165) is 12.0 Å². The lowest BCUT2D eigenvalue weighted by molar-refractivity contribution is -0.131. The molecule has 30 heavy (non-hydrogen) atoms. The lowest BCUT2D eigenvalue weighted by Crippen LogP contribution is -2.56. The Labute approximate surface area is 190 Å². The second kappa shape index (κ2) is 15.2. The van der Waals surface area contributed by atoms with Gasteiger partial charge in [0.1, 0.15) is 6.04 Å². The van der Waals surface area contributed by atoms with Gasteiger partial charge in [0.25, 0.3) is 0 Å². The summed E-state index contributed by atoms with van der Waals surface area (Å²) < 4.78 is 0. The van der Waals surface area contributed by atoms with E-state index in [4.69, 9.17) is 23.1 Å². The number of Topliss-reactive ketones (excluding diaryl/α,β-unsaturated/α-hetero) is 1. The lowest BCUT2D eigenvalue weighted by Gasteiger charge is -2.24. The van der Waals surface area contributed by atoms with Crippen molar-refractivity contribution < 1.29 is 14.4 Å². The van der Waals surface area contributed by atoms with Crippen molar-refractivity contribution in [3.05, 3.63) is 35.9 Å². The zero-order valence-corrected chi connectivity index (χ0v) is 19.2. The predicted octanol–water partition coefficient (Wildman–Crippen LogP) is 1.54. The molecule has 0 saturated carbocycles. The standard InChI is InChI=1S/C21H33ClN4O3.ClH/c1-14(2)19(24)21(29)26-17(12-15-8-4-3-5-9-15)20(28)25-16(18(27)13-22)10-6-7-11-23;/h3-5,8-9,14,16-17,19H,6-7,10-13,23-24H2,1-2H3,(H,25,28)(H,26,29);1H/t16-,17-,19+;/m0./s1. The van der Waals surface area contributed by atoms with E-state index < -0.39 is 29.9 Å². The maximum atomic E-state index is 13.0. The quantitative estimate of drug-likeness (QED) is 0.262. The normalized spacial score (nSPS) is 13.7. The number of halogens is 2. The molecule has 9 heteroatoms. The van der Waals surface area contributed by atoms with Gasteiger partial charge in [-0.15, -0.1) is 24.0 Å². The van der Waals surface area contributed by atoms with Crippen LogP contribution in [0.4, 0.5) is 0 Å². The topological polar surface area (TPSA) is 127 Å². The van der Waals surface area contributed by atoms with Crippen LogP contribution in [-0.4, -0.2) is 48.1 Å². The minimum Gasteiger partial charge on any atom is -0.344 e. The molecule has 0 fully saturated rings. The van der Waals surface area contributed by atoms with E-state index in [9.17, 15) is 14.4 Å². The summed E-state index contributed by atoms with van der Waals surface area (Å²) in [6, 6.07) is 7.05. The van der Waals surface area contributed by atoms with Crippen LogP contribution in [0.1, 0.15) is 38.7 Å². The van der Waals surface area contributed by atoms with E-state index >= 15 is 0 Å². The number of carbonyl (C=O) groups excluding carboxylic acids is 3. The molecule has 1 rings (SSSR count). The lowest BCUT2D eigenvalue weighted by atomic mass is 10.0. The summed E-state index contributed by atoms with van der Waals surface area (Å²) in [6.45, 7) is 4.18. The van der Waals surface area contributed by atoms with Crippen LogP contribution in [0, 0.1) is 5.92 Å². The van der Waals surface area contributed by atoms with Crippen LogP contribution in [0.15, 0.2) is 30.3 Å². The largest absolute Gasteiger partial charge is 0.344 e. The number of hydrogen-bond donors (Lipinski definition) is 4. The van der Waals surface area contributed by atoms with Gasteiger partial charge >= 0.3 is 0 Å². The third-order valence-electron chi connectivity index (χ3n) is 4.72. The highest BCUT2D eigenvalue weighted by atomic mass is 35.5. The fourth-order valence-electron chi connectivity index (χ4n) is 2.80. The van der Waals surface area contributed by atoms with Gasteiger partial charge in [-0.05, 0) is 37.3 Å². The van der Waals surface area contributed by atoms with Gasteiger partial charge < -0.3 is 22.1 Å². The van der Waals surface area contributed by atoms with Gasteiger partial charge in [-0.1, -0.05) is 44.2 Å². The van der Waals surface area contributed by atoms with Gasteiger partial charge in [-0.25, -0.2) is 0 Å². The summed E-state index contributed by atoms with van der Waals surface area (Å²) >= 11 is 5.70. The van der Waals surface area contributed by atoms with Gasteiger partial charge in [0, 0.05) is 6.42 Å². The summed E-state index contributed by atoms with van der Waals surface area (Å²) in [5, 5.41) is 5.49. The number of unbranched alkanes of at least 4 members (excludes halogenated alkanes) is 1. The van der Waals surface area contributed by atoms with Crippen molar-refractivity contribution in [2.24, 2.45) is 17.4 Å². The molecule has 0 radical (unpaired) electrons. The fourth-order valence-corrected chi connectivity index (χ4v) is 2.99. The Morgan fingerprint density at radius 3 is 2.13 bits per heavy atom. The van der Waals surface area contributed by atoms with Gasteiger partial charge in [-0.2, -0.15) is 0 Å². The number of ketones is 1. The second-order valence-corrected chi connectivity index (χ2v) is 7.73. The molecular formula is C21H34Cl2N4O3. The molecule has 0 unspecified atom stereocenters. The Kier molecular flexibility index (Phi) is 14.3. The molecule has 0 heterocycles. The molecule has 0 aromatic heterocycles. The van der Waals surface area contributed by atoms with Crippen molar-refractivity contribution in [2.75, 3.05) is 12.4 Å². The molecule has 2 amide bonds. The Morgan fingerprint density at radius 1 is 1.00 bits per heavy atom. The number of nitrogens with two attached hydrogens (primary N) is 2. The molecule has 0 saturated heterocycles. The molecule has 0 bridgehead atoms. The number of alkyl halides is 1. The molecule has 0 aliphatic rings. The number of benzene rings is 1. The number of carbonyl (C=O) groups is 3. The smallest absolute Gasteiger partial charge is 0.243 e. The van der Waals surface area contributed by atoms with Gasteiger partial charge in [0.15, 0.2) is 5.78 Å². The molecule has 170 valence electrons. The first-order valence-electron chi connectivity index (χ1n) is 9.99. The van der Waals surface area contributed by atoms with Crippen LogP contribution in [0.3, 0.4) is 0 Å². The van der Waals surface area contributed by atoms with Crippen LogP contribution >= 0.6 is 24.0 Å². The van der Waals surface area contributed by atoms with Crippen LogP contribution in [-0.2, 0) is 20.8 Å². The minimum absolute atomic E-state index is 0. The summed E-state index contributed by atoms with van der Waals surface area (Å²) in [6.07, 6.45) is 2.17. The van der Waals surface area contributed by atoms with Crippen molar-refractivity contribution in [3.63, 3.8) is 0 Å². The van der Waals surface area contributed by atoms with Gasteiger partial charge in [0.05, 0.1) is 18.0 Å². The Bertz CT molecular complexity index is 659. The average Bonchev–Trinajstić information content (AvgIpc) is 2.71. The van der Waals surface area contributed by atoms with E-state index in [1.165, 1.54) is 0 Å². The fraction of sp³-hybridized carbons (Fsp3) is 0.571. The second-order valence-electron chi connectivity index (χ2n) is 7.47. The molecule has 7 nitrogen and oxygen atoms in total. The first-order chi connectivity index (χ1) is 13.8.